The standard InChI is InChI=1S/C18H19N3O5S2/c1-21(2)28(23,24)12-8-9-15(25-3)14(10-12)19-17(22)11-27-18-20-13-6-4-5-7-16(13)26-18/h4-10H,11H2,1-3H3,(H,19,22). The van der Waals surface area contributed by atoms with Crippen molar-refractivity contribution < 1.29 is 22.4 Å². The second kappa shape index (κ2) is 8.21. The first kappa shape index (κ1) is 20.2. The number of nitrogens with zero attached hydrogens (tertiary/aromatic N) is 2. The first-order valence-electron chi connectivity index (χ1n) is 8.20. The number of ether oxygens (including phenoxy) is 1. The lowest BCUT2D eigenvalue weighted by Gasteiger charge is -2.15. The molecule has 0 aliphatic rings. The summed E-state index contributed by atoms with van der Waals surface area (Å²) in [4.78, 5) is 16.7. The number of aromatic nitrogens is 1. The molecule has 0 saturated heterocycles. The molecule has 1 N–H and O–H groups in total. The van der Waals surface area contributed by atoms with Crippen molar-refractivity contribution in [3.63, 3.8) is 0 Å². The maximum Gasteiger partial charge on any atom is 0.257 e. The van der Waals surface area contributed by atoms with Gasteiger partial charge in [-0.1, -0.05) is 23.9 Å². The van der Waals surface area contributed by atoms with Crippen LogP contribution in [-0.4, -0.2) is 50.6 Å². The highest BCUT2D eigenvalue weighted by molar-refractivity contribution is 7.99. The molecule has 0 aliphatic heterocycles. The van der Waals surface area contributed by atoms with E-state index in [2.05, 4.69) is 10.3 Å². The molecule has 0 spiro atoms. The zero-order valence-corrected chi connectivity index (χ0v) is 17.1. The Morgan fingerprint density at radius 1 is 1.25 bits per heavy atom. The summed E-state index contributed by atoms with van der Waals surface area (Å²) in [5, 5.41) is 3.06. The third-order valence-electron chi connectivity index (χ3n) is 3.82. The molecule has 10 heteroatoms. The van der Waals surface area contributed by atoms with Crippen LogP contribution in [0.15, 0.2) is 57.0 Å². The summed E-state index contributed by atoms with van der Waals surface area (Å²) in [7, 11) is 0.687. The lowest BCUT2D eigenvalue weighted by Crippen LogP contribution is -2.22. The van der Waals surface area contributed by atoms with Gasteiger partial charge in [0, 0.05) is 14.1 Å². The van der Waals surface area contributed by atoms with E-state index in [9.17, 15) is 13.2 Å². The highest BCUT2D eigenvalue weighted by Gasteiger charge is 2.20. The van der Waals surface area contributed by atoms with E-state index in [-0.39, 0.29) is 22.2 Å². The molecule has 2 aromatic carbocycles. The van der Waals surface area contributed by atoms with Crippen LogP contribution in [0.4, 0.5) is 5.69 Å². The Morgan fingerprint density at radius 2 is 2.00 bits per heavy atom. The number of carbonyl (C=O) groups is 1. The van der Waals surface area contributed by atoms with E-state index in [1.807, 2.05) is 18.2 Å². The lowest BCUT2D eigenvalue weighted by molar-refractivity contribution is -0.113. The molecule has 8 nitrogen and oxygen atoms in total. The van der Waals surface area contributed by atoms with Gasteiger partial charge in [0.25, 0.3) is 5.22 Å². The number of fused-ring (bicyclic) bond motifs is 1. The van der Waals surface area contributed by atoms with Gasteiger partial charge in [0.1, 0.15) is 11.3 Å². The van der Waals surface area contributed by atoms with Crippen molar-refractivity contribution >= 4 is 44.5 Å². The average molecular weight is 422 g/mol. The Kier molecular flexibility index (Phi) is 5.92. The van der Waals surface area contributed by atoms with Gasteiger partial charge in [-0.25, -0.2) is 17.7 Å². The minimum Gasteiger partial charge on any atom is -0.495 e. The summed E-state index contributed by atoms with van der Waals surface area (Å²) >= 11 is 1.14. The van der Waals surface area contributed by atoms with Crippen molar-refractivity contribution in [3.8, 4) is 5.75 Å². The predicted molar refractivity (Wildman–Crippen MR) is 107 cm³/mol. The Balaban J connectivity index is 1.73. The normalized spacial score (nSPS) is 11.7. The molecular formula is C18H19N3O5S2. The molecule has 0 saturated carbocycles. The first-order valence-corrected chi connectivity index (χ1v) is 10.6. The summed E-state index contributed by atoms with van der Waals surface area (Å²) in [5.41, 5.74) is 1.64. The third kappa shape index (κ3) is 4.29. The molecule has 3 rings (SSSR count). The summed E-state index contributed by atoms with van der Waals surface area (Å²) < 4.78 is 36.5. The molecule has 0 fully saturated rings. The molecule has 148 valence electrons. The van der Waals surface area contributed by atoms with Gasteiger partial charge in [-0.15, -0.1) is 0 Å². The topological polar surface area (TPSA) is 102 Å². The number of amides is 1. The molecule has 1 amide bonds. The predicted octanol–water partition coefficient (Wildman–Crippen LogP) is 2.82. The largest absolute Gasteiger partial charge is 0.495 e. The van der Waals surface area contributed by atoms with Crippen LogP contribution in [0.25, 0.3) is 11.1 Å². The summed E-state index contributed by atoms with van der Waals surface area (Å²) in [6.45, 7) is 0. The lowest BCUT2D eigenvalue weighted by atomic mass is 10.3. The fraction of sp³-hybridized carbons (Fsp3) is 0.222. The molecule has 1 aromatic heterocycles. The Labute approximate surface area is 166 Å². The van der Waals surface area contributed by atoms with E-state index < -0.39 is 10.0 Å². The van der Waals surface area contributed by atoms with Gasteiger partial charge in [-0.05, 0) is 30.3 Å². The highest BCUT2D eigenvalue weighted by Crippen LogP contribution is 2.29. The van der Waals surface area contributed by atoms with Crippen molar-refractivity contribution in [2.24, 2.45) is 0 Å². The number of hydrogen-bond donors (Lipinski definition) is 1. The second-order valence-corrected chi connectivity index (χ2v) is 9.01. The Bertz CT molecular complexity index is 1080. The minimum absolute atomic E-state index is 0.0423. The number of para-hydroxylation sites is 2. The van der Waals surface area contributed by atoms with Crippen LogP contribution in [0.2, 0.25) is 0 Å². The van der Waals surface area contributed by atoms with E-state index in [0.717, 1.165) is 16.1 Å². The Morgan fingerprint density at radius 3 is 2.68 bits per heavy atom. The van der Waals surface area contributed by atoms with Crippen LogP contribution in [0, 0.1) is 0 Å². The van der Waals surface area contributed by atoms with Crippen LogP contribution in [0.3, 0.4) is 0 Å². The molecule has 28 heavy (non-hydrogen) atoms. The van der Waals surface area contributed by atoms with Gasteiger partial charge >= 0.3 is 0 Å². The maximum atomic E-state index is 12.3. The van der Waals surface area contributed by atoms with Crippen molar-refractivity contribution in [3.05, 3.63) is 42.5 Å². The van der Waals surface area contributed by atoms with Gasteiger partial charge in [-0.3, -0.25) is 4.79 Å². The molecule has 1 heterocycles. The van der Waals surface area contributed by atoms with Gasteiger partial charge in [0.2, 0.25) is 15.9 Å². The number of methoxy groups -OCH3 is 1. The first-order chi connectivity index (χ1) is 13.3. The van der Waals surface area contributed by atoms with Crippen molar-refractivity contribution in [1.82, 2.24) is 9.29 Å². The van der Waals surface area contributed by atoms with Gasteiger partial charge in [-0.2, -0.15) is 0 Å². The van der Waals surface area contributed by atoms with Crippen molar-refractivity contribution in [1.29, 1.82) is 0 Å². The number of nitrogens with one attached hydrogen (secondary N) is 1. The maximum absolute atomic E-state index is 12.3. The zero-order chi connectivity index (χ0) is 20.3. The number of carbonyl (C=O) groups excluding carboxylic acids is 1. The van der Waals surface area contributed by atoms with Crippen LogP contribution < -0.4 is 10.1 Å². The van der Waals surface area contributed by atoms with E-state index in [1.54, 1.807) is 6.07 Å². The number of thioether (sulfide) groups is 1. The van der Waals surface area contributed by atoms with Crippen LogP contribution >= 0.6 is 11.8 Å². The smallest absolute Gasteiger partial charge is 0.257 e. The molecule has 0 atom stereocenters. The molecule has 3 aromatic rings. The van der Waals surface area contributed by atoms with E-state index in [1.165, 1.54) is 39.4 Å². The third-order valence-corrected chi connectivity index (χ3v) is 6.46. The van der Waals surface area contributed by atoms with Gasteiger partial charge in [0.05, 0.1) is 23.4 Å². The average Bonchev–Trinajstić information content (AvgIpc) is 3.09. The fourth-order valence-electron chi connectivity index (χ4n) is 2.38. The number of anilines is 1. The van der Waals surface area contributed by atoms with Crippen LogP contribution in [0.1, 0.15) is 0 Å². The van der Waals surface area contributed by atoms with E-state index in [0.29, 0.717) is 22.1 Å². The van der Waals surface area contributed by atoms with Crippen molar-refractivity contribution in [2.75, 3.05) is 32.3 Å². The number of benzene rings is 2. The van der Waals surface area contributed by atoms with Crippen molar-refractivity contribution in [2.45, 2.75) is 10.1 Å². The second-order valence-electron chi connectivity index (χ2n) is 5.93. The summed E-state index contributed by atoms with van der Waals surface area (Å²) in [6.07, 6.45) is 0. The monoisotopic (exact) mass is 421 g/mol. The fourth-order valence-corrected chi connectivity index (χ4v) is 3.95. The molecule has 0 unspecified atom stereocenters. The van der Waals surface area contributed by atoms with E-state index >= 15 is 0 Å². The SMILES string of the molecule is COc1ccc(S(=O)(=O)N(C)C)cc1NC(=O)CSc1nc2ccccc2o1. The molecule has 0 radical (unpaired) electrons. The summed E-state index contributed by atoms with van der Waals surface area (Å²) in [5.74, 6) is 0.0588. The van der Waals surface area contributed by atoms with Crippen LogP contribution in [0.5, 0.6) is 5.75 Å². The highest BCUT2D eigenvalue weighted by atomic mass is 32.2. The van der Waals surface area contributed by atoms with E-state index in [4.69, 9.17) is 9.15 Å². The molecule has 0 aliphatic carbocycles. The van der Waals surface area contributed by atoms with Gasteiger partial charge < -0.3 is 14.5 Å². The van der Waals surface area contributed by atoms with Gasteiger partial charge in [0.15, 0.2) is 5.58 Å². The molecule has 0 bridgehead atoms. The quantitative estimate of drug-likeness (QED) is 0.585. The number of hydrogen-bond acceptors (Lipinski definition) is 7. The Hall–Kier alpha value is -2.56. The summed E-state index contributed by atoms with van der Waals surface area (Å²) in [6, 6.07) is 11.6. The van der Waals surface area contributed by atoms with Crippen LogP contribution in [-0.2, 0) is 14.8 Å². The number of oxazole rings is 1. The zero-order valence-electron chi connectivity index (χ0n) is 15.5. The number of sulfonamides is 1. The minimum atomic E-state index is -3.63. The molecular weight excluding hydrogens is 402 g/mol. The number of rotatable bonds is 7.